The molecule has 4 heteroatoms. The van der Waals surface area contributed by atoms with Crippen LogP contribution < -0.4 is 10.1 Å². The summed E-state index contributed by atoms with van der Waals surface area (Å²) >= 11 is 0. The van der Waals surface area contributed by atoms with E-state index in [4.69, 9.17) is 4.74 Å². The van der Waals surface area contributed by atoms with E-state index < -0.39 is 0 Å². The quantitative estimate of drug-likeness (QED) is 0.808. The minimum atomic E-state index is -0.361. The molecule has 90 valence electrons. The molecule has 1 N–H and O–H groups in total. The maximum atomic E-state index is 13.8. The molecule has 0 spiro atoms. The second kappa shape index (κ2) is 6.43. The largest absolute Gasteiger partial charge is 0.476 e. The molecule has 0 bridgehead atoms. The fourth-order valence-corrected chi connectivity index (χ4v) is 1.33. The minimum Gasteiger partial charge on any atom is -0.476 e. The zero-order valence-electron chi connectivity index (χ0n) is 10.1. The Hall–Kier alpha value is -1.16. The van der Waals surface area contributed by atoms with Crippen LogP contribution in [0.1, 0.15) is 26.3 Å². The van der Waals surface area contributed by atoms with Crippen molar-refractivity contribution in [2.45, 2.75) is 27.3 Å². The highest BCUT2D eigenvalue weighted by molar-refractivity contribution is 5.23. The molecule has 16 heavy (non-hydrogen) atoms. The first-order valence-electron chi connectivity index (χ1n) is 5.62. The lowest BCUT2D eigenvalue weighted by Crippen LogP contribution is -2.19. The first-order valence-corrected chi connectivity index (χ1v) is 5.62. The summed E-state index contributed by atoms with van der Waals surface area (Å²) in [5, 5.41) is 3.19. The Kier molecular flexibility index (Phi) is 5.19. The summed E-state index contributed by atoms with van der Waals surface area (Å²) in [5.74, 6) is 0.281. The van der Waals surface area contributed by atoms with Crippen molar-refractivity contribution in [1.29, 1.82) is 0 Å². The zero-order chi connectivity index (χ0) is 12.0. The summed E-state index contributed by atoms with van der Waals surface area (Å²) in [7, 11) is 0. The third kappa shape index (κ3) is 3.77. The van der Waals surface area contributed by atoms with Gasteiger partial charge in [0.2, 0.25) is 0 Å². The highest BCUT2D eigenvalue weighted by Crippen LogP contribution is 2.16. The Morgan fingerprint density at radius 2 is 2.25 bits per heavy atom. The van der Waals surface area contributed by atoms with E-state index in [9.17, 15) is 4.39 Å². The standard InChI is InChI=1S/C12H19FN2O/c1-4-16-12-11(13)10(5-6-15-12)8-14-7-9(2)3/h5-6,9,14H,4,7-8H2,1-3H3. The van der Waals surface area contributed by atoms with Crippen LogP contribution in [-0.4, -0.2) is 18.1 Å². The maximum absolute atomic E-state index is 13.8. The minimum absolute atomic E-state index is 0.0892. The Morgan fingerprint density at radius 3 is 2.88 bits per heavy atom. The molecule has 0 aromatic carbocycles. The summed E-state index contributed by atoms with van der Waals surface area (Å²) in [6, 6.07) is 1.67. The molecule has 1 heterocycles. The monoisotopic (exact) mass is 226 g/mol. The van der Waals surface area contributed by atoms with Crippen molar-refractivity contribution >= 4 is 0 Å². The Morgan fingerprint density at radius 1 is 1.50 bits per heavy atom. The summed E-state index contributed by atoms with van der Waals surface area (Å²) in [4.78, 5) is 3.85. The van der Waals surface area contributed by atoms with Gasteiger partial charge in [-0.25, -0.2) is 9.37 Å². The Labute approximate surface area is 96.0 Å². The molecule has 0 aliphatic rings. The number of nitrogens with zero attached hydrogens (tertiary/aromatic N) is 1. The molecule has 0 atom stereocenters. The molecule has 1 aromatic heterocycles. The van der Waals surface area contributed by atoms with Gasteiger partial charge in [-0.1, -0.05) is 13.8 Å². The smallest absolute Gasteiger partial charge is 0.250 e. The molecule has 0 radical (unpaired) electrons. The van der Waals surface area contributed by atoms with Gasteiger partial charge in [0.15, 0.2) is 5.82 Å². The van der Waals surface area contributed by atoms with Crippen molar-refractivity contribution in [1.82, 2.24) is 10.3 Å². The molecule has 0 aliphatic carbocycles. The van der Waals surface area contributed by atoms with Crippen LogP contribution in [0.3, 0.4) is 0 Å². The van der Waals surface area contributed by atoms with Crippen molar-refractivity contribution in [2.75, 3.05) is 13.2 Å². The number of hydrogen-bond acceptors (Lipinski definition) is 3. The van der Waals surface area contributed by atoms with Crippen molar-refractivity contribution < 1.29 is 9.13 Å². The molecule has 0 fully saturated rings. The van der Waals surface area contributed by atoms with E-state index in [2.05, 4.69) is 24.1 Å². The number of ether oxygens (including phenoxy) is 1. The van der Waals surface area contributed by atoms with Gasteiger partial charge in [0.25, 0.3) is 5.88 Å². The first kappa shape index (κ1) is 12.9. The van der Waals surface area contributed by atoms with Crippen LogP contribution in [0.4, 0.5) is 4.39 Å². The average molecular weight is 226 g/mol. The number of aromatic nitrogens is 1. The van der Waals surface area contributed by atoms with Crippen molar-refractivity contribution in [3.8, 4) is 5.88 Å². The van der Waals surface area contributed by atoms with Crippen LogP contribution in [-0.2, 0) is 6.54 Å². The van der Waals surface area contributed by atoms with Gasteiger partial charge >= 0.3 is 0 Å². The fraction of sp³-hybridized carbons (Fsp3) is 0.583. The third-order valence-corrected chi connectivity index (χ3v) is 2.09. The van der Waals surface area contributed by atoms with Gasteiger partial charge in [-0.3, -0.25) is 0 Å². The molecule has 1 rings (SSSR count). The zero-order valence-corrected chi connectivity index (χ0v) is 10.1. The summed E-state index contributed by atoms with van der Waals surface area (Å²) < 4.78 is 18.8. The third-order valence-electron chi connectivity index (χ3n) is 2.09. The van der Waals surface area contributed by atoms with E-state index in [1.807, 2.05) is 6.92 Å². The number of hydrogen-bond donors (Lipinski definition) is 1. The lowest BCUT2D eigenvalue weighted by Gasteiger charge is -2.10. The maximum Gasteiger partial charge on any atom is 0.250 e. The summed E-state index contributed by atoms with van der Waals surface area (Å²) in [5.41, 5.74) is 0.596. The Balaban J connectivity index is 2.62. The van der Waals surface area contributed by atoms with E-state index >= 15 is 0 Å². The van der Waals surface area contributed by atoms with E-state index in [1.165, 1.54) is 0 Å². The van der Waals surface area contributed by atoms with Crippen LogP contribution in [0.25, 0.3) is 0 Å². The SMILES string of the molecule is CCOc1nccc(CNCC(C)C)c1F. The molecular weight excluding hydrogens is 207 g/mol. The van der Waals surface area contributed by atoms with Crippen LogP contribution in [0.15, 0.2) is 12.3 Å². The second-order valence-corrected chi connectivity index (χ2v) is 4.05. The highest BCUT2D eigenvalue weighted by Gasteiger charge is 2.09. The molecule has 0 aliphatic heterocycles. The molecule has 0 saturated heterocycles. The highest BCUT2D eigenvalue weighted by atomic mass is 19.1. The second-order valence-electron chi connectivity index (χ2n) is 4.05. The normalized spacial score (nSPS) is 10.8. The molecule has 0 amide bonds. The number of rotatable bonds is 6. The van der Waals surface area contributed by atoms with Gasteiger partial charge < -0.3 is 10.1 Å². The van der Waals surface area contributed by atoms with Crippen LogP contribution in [0, 0.1) is 11.7 Å². The van der Waals surface area contributed by atoms with Gasteiger partial charge in [0.1, 0.15) is 0 Å². The number of halogens is 1. The fourth-order valence-electron chi connectivity index (χ4n) is 1.33. The van der Waals surface area contributed by atoms with Crippen molar-refractivity contribution in [3.63, 3.8) is 0 Å². The van der Waals surface area contributed by atoms with E-state index in [1.54, 1.807) is 12.3 Å². The lowest BCUT2D eigenvalue weighted by molar-refractivity contribution is 0.305. The molecule has 0 unspecified atom stereocenters. The molecule has 0 saturated carbocycles. The van der Waals surface area contributed by atoms with Crippen molar-refractivity contribution in [3.05, 3.63) is 23.6 Å². The number of pyridine rings is 1. The predicted octanol–water partition coefficient (Wildman–Crippen LogP) is 2.37. The molecule has 1 aromatic rings. The first-order chi connectivity index (χ1) is 7.65. The summed E-state index contributed by atoms with van der Waals surface area (Å²) in [6.45, 7) is 7.83. The van der Waals surface area contributed by atoms with Crippen LogP contribution in [0.5, 0.6) is 5.88 Å². The predicted molar refractivity (Wildman–Crippen MR) is 61.9 cm³/mol. The van der Waals surface area contributed by atoms with Gasteiger partial charge in [-0.05, 0) is 25.5 Å². The summed E-state index contributed by atoms with van der Waals surface area (Å²) in [6.07, 6.45) is 1.57. The van der Waals surface area contributed by atoms with Crippen LogP contribution in [0.2, 0.25) is 0 Å². The van der Waals surface area contributed by atoms with Crippen molar-refractivity contribution in [2.24, 2.45) is 5.92 Å². The van der Waals surface area contributed by atoms with Gasteiger partial charge in [0.05, 0.1) is 6.61 Å². The Bertz CT molecular complexity index is 329. The average Bonchev–Trinajstić information content (AvgIpc) is 2.23. The van der Waals surface area contributed by atoms with Gasteiger partial charge in [0, 0.05) is 18.3 Å². The lowest BCUT2D eigenvalue weighted by atomic mass is 10.2. The molecular formula is C12H19FN2O. The topological polar surface area (TPSA) is 34.1 Å². The van der Waals surface area contributed by atoms with E-state index in [0.29, 0.717) is 24.6 Å². The number of nitrogens with one attached hydrogen (secondary N) is 1. The van der Waals surface area contributed by atoms with Crippen LogP contribution >= 0.6 is 0 Å². The van der Waals surface area contributed by atoms with Gasteiger partial charge in [-0.2, -0.15) is 0 Å². The van der Waals surface area contributed by atoms with Gasteiger partial charge in [-0.15, -0.1) is 0 Å². The molecule has 3 nitrogen and oxygen atoms in total. The van der Waals surface area contributed by atoms with E-state index in [0.717, 1.165) is 6.54 Å². The van der Waals surface area contributed by atoms with E-state index in [-0.39, 0.29) is 11.7 Å².